The van der Waals surface area contributed by atoms with Gasteiger partial charge in [-0.25, -0.2) is 0 Å². The van der Waals surface area contributed by atoms with Crippen LogP contribution in [0.15, 0.2) is 12.1 Å². The van der Waals surface area contributed by atoms with E-state index in [1.54, 1.807) is 0 Å². The molecule has 1 amide bonds. The molecule has 0 heterocycles. The summed E-state index contributed by atoms with van der Waals surface area (Å²) >= 11 is 0. The van der Waals surface area contributed by atoms with Crippen molar-refractivity contribution in [2.45, 2.75) is 47.1 Å². The Morgan fingerprint density at radius 2 is 1.91 bits per heavy atom. The van der Waals surface area contributed by atoms with Crippen LogP contribution in [0.5, 0.6) is 0 Å². The predicted molar refractivity (Wildman–Crippen MR) is 86.0 cm³/mol. The van der Waals surface area contributed by atoms with Crippen LogP contribution in [0.4, 0.5) is 0 Å². The second kappa shape index (κ2) is 5.12. The molecule has 2 fully saturated rings. The van der Waals surface area contributed by atoms with Crippen molar-refractivity contribution in [3.05, 3.63) is 34.4 Å². The number of nitriles is 1. The van der Waals surface area contributed by atoms with Crippen molar-refractivity contribution in [1.82, 2.24) is 4.90 Å². The van der Waals surface area contributed by atoms with Crippen LogP contribution < -0.4 is 0 Å². The lowest BCUT2D eigenvalue weighted by Crippen LogP contribution is -2.37. The summed E-state index contributed by atoms with van der Waals surface area (Å²) < 4.78 is 0. The molecule has 0 spiro atoms. The number of carbonyl (C=O) groups excluding carboxylic acids is 1. The van der Waals surface area contributed by atoms with E-state index in [9.17, 15) is 4.79 Å². The zero-order valence-electron chi connectivity index (χ0n) is 13.9. The molecule has 2 saturated carbocycles. The topological polar surface area (TPSA) is 44.1 Å². The third-order valence-corrected chi connectivity index (χ3v) is 5.42. The van der Waals surface area contributed by atoms with E-state index in [0.717, 1.165) is 12.8 Å². The molecule has 2 aliphatic rings. The fourth-order valence-electron chi connectivity index (χ4n) is 3.35. The van der Waals surface area contributed by atoms with Gasteiger partial charge in [0, 0.05) is 13.1 Å². The highest BCUT2D eigenvalue weighted by atomic mass is 16.2. The van der Waals surface area contributed by atoms with E-state index >= 15 is 0 Å². The van der Waals surface area contributed by atoms with E-state index in [4.69, 9.17) is 5.26 Å². The summed E-state index contributed by atoms with van der Waals surface area (Å²) in [6, 6.07) is 6.64. The summed E-state index contributed by atoms with van der Waals surface area (Å²) in [5.74, 6) is 0.793. The molecule has 0 saturated heterocycles. The van der Waals surface area contributed by atoms with Crippen LogP contribution in [0, 0.1) is 49.4 Å². The maximum Gasteiger partial charge on any atom is 0.229 e. The molecule has 3 rings (SSSR count). The number of amides is 1. The molecule has 3 heteroatoms. The van der Waals surface area contributed by atoms with Gasteiger partial charge in [-0.1, -0.05) is 12.1 Å². The normalized spacial score (nSPS) is 25.9. The van der Waals surface area contributed by atoms with E-state index in [-0.39, 0.29) is 17.2 Å². The summed E-state index contributed by atoms with van der Waals surface area (Å²) in [4.78, 5) is 14.7. The number of fused-ring (bicyclic) bond motifs is 1. The largest absolute Gasteiger partial charge is 0.337 e. The van der Waals surface area contributed by atoms with Gasteiger partial charge in [-0.2, -0.15) is 5.26 Å². The van der Waals surface area contributed by atoms with Crippen LogP contribution in [0.2, 0.25) is 0 Å². The number of rotatable bonds is 5. The molecular formula is C19H24N2O. The highest BCUT2D eigenvalue weighted by molar-refractivity contribution is 5.90. The second-order valence-corrected chi connectivity index (χ2v) is 7.34. The molecule has 116 valence electrons. The van der Waals surface area contributed by atoms with Gasteiger partial charge < -0.3 is 4.90 Å². The van der Waals surface area contributed by atoms with Gasteiger partial charge in [0.15, 0.2) is 0 Å². The van der Waals surface area contributed by atoms with Crippen LogP contribution in [0.3, 0.4) is 0 Å². The molecule has 1 atom stereocenters. The van der Waals surface area contributed by atoms with Gasteiger partial charge in [-0.15, -0.1) is 0 Å². The van der Waals surface area contributed by atoms with E-state index in [1.807, 2.05) is 11.8 Å². The summed E-state index contributed by atoms with van der Waals surface area (Å²) in [5, 5.41) is 9.11. The summed E-state index contributed by atoms with van der Waals surface area (Å²) in [6.07, 6.45) is 2.13. The van der Waals surface area contributed by atoms with Crippen LogP contribution in [-0.2, 0) is 11.3 Å². The second-order valence-electron chi connectivity index (χ2n) is 7.34. The van der Waals surface area contributed by atoms with Crippen molar-refractivity contribution in [3.63, 3.8) is 0 Å². The third-order valence-electron chi connectivity index (χ3n) is 5.42. The lowest BCUT2D eigenvalue weighted by Gasteiger charge is -2.26. The Morgan fingerprint density at radius 3 is 2.45 bits per heavy atom. The smallest absolute Gasteiger partial charge is 0.229 e. The van der Waals surface area contributed by atoms with Crippen LogP contribution in [-0.4, -0.2) is 17.4 Å². The quantitative estimate of drug-likeness (QED) is 0.834. The Labute approximate surface area is 132 Å². The van der Waals surface area contributed by atoms with Crippen molar-refractivity contribution in [1.29, 1.82) is 5.26 Å². The molecule has 2 aliphatic carbocycles. The zero-order valence-corrected chi connectivity index (χ0v) is 13.9. The first-order valence-corrected chi connectivity index (χ1v) is 8.13. The van der Waals surface area contributed by atoms with Gasteiger partial charge >= 0.3 is 0 Å². The fraction of sp³-hybridized carbons (Fsp3) is 0.579. The van der Waals surface area contributed by atoms with Gasteiger partial charge in [0.1, 0.15) is 0 Å². The van der Waals surface area contributed by atoms with Crippen LogP contribution >= 0.6 is 0 Å². The number of hydrogen-bond donors (Lipinski definition) is 0. The van der Waals surface area contributed by atoms with E-state index in [0.29, 0.717) is 19.0 Å². The van der Waals surface area contributed by atoms with Crippen molar-refractivity contribution < 1.29 is 4.79 Å². The third kappa shape index (κ3) is 2.52. The Balaban J connectivity index is 1.82. The van der Waals surface area contributed by atoms with Gasteiger partial charge in [0.2, 0.25) is 5.91 Å². The molecular weight excluding hydrogens is 272 g/mol. The van der Waals surface area contributed by atoms with Gasteiger partial charge in [0.25, 0.3) is 0 Å². The Hall–Kier alpha value is -1.82. The molecule has 1 aromatic rings. The summed E-state index contributed by atoms with van der Waals surface area (Å²) in [7, 11) is 0. The number of hydrogen-bond acceptors (Lipinski definition) is 2. The first-order valence-electron chi connectivity index (χ1n) is 8.13. The molecule has 1 unspecified atom stereocenters. The Bertz CT molecular complexity index is 665. The van der Waals surface area contributed by atoms with Gasteiger partial charge in [-0.05, 0) is 68.7 Å². The van der Waals surface area contributed by atoms with Crippen molar-refractivity contribution in [3.8, 4) is 6.07 Å². The molecule has 1 aromatic carbocycles. The maximum atomic E-state index is 12.8. The minimum atomic E-state index is -0.122. The summed E-state index contributed by atoms with van der Waals surface area (Å²) in [5.41, 5.74) is 4.95. The van der Waals surface area contributed by atoms with E-state index < -0.39 is 0 Å². The number of benzene rings is 1. The van der Waals surface area contributed by atoms with Crippen LogP contribution in [0.1, 0.15) is 42.0 Å². The minimum Gasteiger partial charge on any atom is -0.337 e. The lowest BCUT2D eigenvalue weighted by atomic mass is 9.99. The highest BCUT2D eigenvalue weighted by Crippen LogP contribution is 2.76. The minimum absolute atomic E-state index is 0.0250. The Kier molecular flexibility index (Phi) is 3.51. The van der Waals surface area contributed by atoms with E-state index in [1.165, 1.54) is 22.3 Å². The van der Waals surface area contributed by atoms with Gasteiger partial charge in [0.05, 0.1) is 17.4 Å². The first kappa shape index (κ1) is 15.1. The van der Waals surface area contributed by atoms with Crippen LogP contribution in [0.25, 0.3) is 0 Å². The summed E-state index contributed by atoms with van der Waals surface area (Å²) in [6.45, 7) is 9.39. The zero-order chi connectivity index (χ0) is 16.1. The van der Waals surface area contributed by atoms with Crippen molar-refractivity contribution in [2.75, 3.05) is 6.54 Å². The molecule has 0 N–H and O–H groups in total. The first-order chi connectivity index (χ1) is 10.4. The fourth-order valence-corrected chi connectivity index (χ4v) is 3.35. The maximum absolute atomic E-state index is 12.8. The molecule has 0 bridgehead atoms. The van der Waals surface area contributed by atoms with Gasteiger partial charge in [-0.3, -0.25) is 4.79 Å². The molecule has 0 aliphatic heterocycles. The molecule has 0 radical (unpaired) electrons. The number of nitrogens with zero attached hydrogens (tertiary/aromatic N) is 2. The monoisotopic (exact) mass is 296 g/mol. The SMILES string of the molecule is Cc1cc(C)c(CN(CC(C)C#N)C(=O)C23CC2C3)cc1C. The average molecular weight is 296 g/mol. The number of carbonyl (C=O) groups is 1. The van der Waals surface area contributed by atoms with E-state index in [2.05, 4.69) is 39.0 Å². The van der Waals surface area contributed by atoms with Crippen molar-refractivity contribution >= 4 is 5.91 Å². The molecule has 0 aromatic heterocycles. The Morgan fingerprint density at radius 1 is 1.32 bits per heavy atom. The average Bonchev–Trinajstić information content (AvgIpc) is 3.32. The standard InChI is InChI=1S/C19H24N2O/c1-12(9-20)10-21(18(22)19-7-17(19)8-19)11-16-6-14(3)13(2)5-15(16)4/h5-6,12,17H,7-8,10-11H2,1-4H3. The number of aryl methyl sites for hydroxylation is 3. The molecule has 22 heavy (non-hydrogen) atoms. The van der Waals surface area contributed by atoms with Crippen molar-refractivity contribution in [2.24, 2.45) is 17.3 Å². The lowest BCUT2D eigenvalue weighted by molar-refractivity contribution is -0.135. The molecule has 3 nitrogen and oxygen atoms in total. The highest BCUT2D eigenvalue weighted by Gasteiger charge is 2.75. The predicted octanol–water partition coefficient (Wildman–Crippen LogP) is 3.51.